The number of nitrogens with one attached hydrogen (secondary N) is 13. The van der Waals surface area contributed by atoms with Crippen molar-refractivity contribution in [2.75, 3.05) is 67.6 Å². The third-order valence-electron chi connectivity index (χ3n) is 18.8. The van der Waals surface area contributed by atoms with E-state index in [1.54, 1.807) is 112 Å². The summed E-state index contributed by atoms with van der Waals surface area (Å²) in [7, 11) is -14.7. The summed E-state index contributed by atoms with van der Waals surface area (Å²) in [6, 6.07) is 55.1. The molecule has 14 aromatic rings. The molecule has 13 N–H and O–H groups in total. The molecule has 12 amide bonds. The second kappa shape index (κ2) is 42.0. The molecule has 0 fully saturated rings. The van der Waals surface area contributed by atoms with Crippen LogP contribution in [0, 0.1) is 0 Å². The summed E-state index contributed by atoms with van der Waals surface area (Å²) in [5.74, 6) is -0.688. The third kappa shape index (κ3) is 29.8. The number of benzene rings is 7. The van der Waals surface area contributed by atoms with Crippen molar-refractivity contribution in [3.63, 3.8) is 0 Å². The fourth-order valence-corrected chi connectivity index (χ4v) is 14.7. The van der Waals surface area contributed by atoms with Gasteiger partial charge in [0.1, 0.15) is 35.4 Å². The van der Waals surface area contributed by atoms with E-state index < -0.39 is 87.8 Å². The molecule has 0 atom stereocenters. The molecule has 14 rings (SSSR count). The molecule has 0 radical (unpaired) electrons. The zero-order valence-corrected chi connectivity index (χ0v) is 81.5. The molecular weight excluding hydrogens is 1880 g/mol. The van der Waals surface area contributed by atoms with Gasteiger partial charge in [0, 0.05) is 96.0 Å². The van der Waals surface area contributed by atoms with E-state index >= 15 is 0 Å². The van der Waals surface area contributed by atoms with E-state index in [-0.39, 0.29) is 43.9 Å². The predicted octanol–water partition coefficient (Wildman–Crippen LogP) is 14.5. The molecule has 0 aliphatic heterocycles. The lowest BCUT2D eigenvalue weighted by Gasteiger charge is -2.14. The number of nitrogens with zero attached hydrogens (tertiary/aromatic N) is 12. The van der Waals surface area contributed by atoms with Gasteiger partial charge in [0.2, 0.25) is 46.0 Å². The van der Waals surface area contributed by atoms with Gasteiger partial charge in [-0.05, 0) is 140 Å². The molecule has 137 heavy (non-hydrogen) atoms. The molecule has 0 bridgehead atoms. The summed E-state index contributed by atoms with van der Waals surface area (Å²) in [5, 5.41) is 43.3. The van der Waals surface area contributed by atoms with E-state index in [2.05, 4.69) is 87.8 Å². The summed E-state index contributed by atoms with van der Waals surface area (Å²) in [6.45, 7) is 24.0. The fraction of sp³-hybridized carbons (Fsp3) is 0.222. The second-order valence-corrected chi connectivity index (χ2v) is 43.0. The van der Waals surface area contributed by atoms with Gasteiger partial charge in [-0.3, -0.25) is 56.4 Å². The van der Waals surface area contributed by atoms with E-state index in [0.29, 0.717) is 73.6 Å². The van der Waals surface area contributed by atoms with Crippen LogP contribution in [0.5, 0.6) is 0 Å². The smallest absolute Gasteiger partial charge is 0.324 e. The van der Waals surface area contributed by atoms with Crippen LogP contribution in [0.4, 0.5) is 65.0 Å². The largest absolute Gasteiger partial charge is 0.327 e. The first-order valence-electron chi connectivity index (χ1n) is 41.2. The first-order chi connectivity index (χ1) is 64.0. The summed E-state index contributed by atoms with van der Waals surface area (Å²) in [4.78, 5) is 119. The number of H-pyrrole nitrogens is 1. The predicted molar refractivity (Wildman–Crippen MR) is 526 cm³/mol. The minimum absolute atomic E-state index is 0.165. The molecule has 0 saturated carbocycles. The lowest BCUT2D eigenvalue weighted by molar-refractivity contribution is 0.0972. The molecule has 0 aliphatic rings. The van der Waals surface area contributed by atoms with Crippen LogP contribution in [0.3, 0.4) is 0 Å². The SMILES string of the molecule is CC(C)(C)c1cc(NC(=O)Nc2ccc(Cl)cc2)n(-c2ccc(C(=O)NS(C)(=O)=O)cc2)n1.CC(C)(C)c1cc(NC(=O)Nc2ccncn2)n(-c2ccc(C(=O)NS(C)(=O)=O)cc2)n1.CC(C)(C)c1cc(NC(=O)Nc2nc(-c3ccccc3)cs2)n(-c2ccc(C(=O)NS(C)(=O)=O)cc2)n1.CC(C)(C)c1cc(NC(=O)Nc2nc3ccccc3[nH]2)n(-c2ccc(C(=O)NS(C)(=O)=O)cc2)n1. The molecule has 0 spiro atoms. The van der Waals surface area contributed by atoms with Gasteiger partial charge < -0.3 is 10.3 Å². The molecule has 41 nitrogen and oxygen atoms in total. The van der Waals surface area contributed by atoms with Crippen molar-refractivity contribution in [1.29, 1.82) is 0 Å². The van der Waals surface area contributed by atoms with Crippen molar-refractivity contribution in [3.8, 4) is 34.0 Å². The van der Waals surface area contributed by atoms with Crippen LogP contribution in [0.2, 0.25) is 5.02 Å². The Labute approximate surface area is 797 Å². The van der Waals surface area contributed by atoms with Crippen LogP contribution in [0.1, 0.15) is 147 Å². The van der Waals surface area contributed by atoms with E-state index in [4.69, 9.17) is 11.6 Å². The quantitative estimate of drug-likeness (QED) is 0.0318. The monoisotopic (exact) mass is 1980 g/mol. The first-order valence-corrected chi connectivity index (χ1v) is 50.1. The molecule has 7 aromatic carbocycles. The zero-order valence-electron chi connectivity index (χ0n) is 76.7. The number of hydrogen-bond acceptors (Lipinski definition) is 25. The number of carbonyl (C=O) groups excluding carboxylic acids is 8. The topological polar surface area (TPSA) is 556 Å². The Kier molecular flexibility index (Phi) is 31.3. The van der Waals surface area contributed by atoms with Crippen LogP contribution in [0.25, 0.3) is 45.0 Å². The van der Waals surface area contributed by atoms with Crippen LogP contribution >= 0.6 is 22.9 Å². The lowest BCUT2D eigenvalue weighted by atomic mass is 9.92. The normalized spacial score (nSPS) is 11.7. The maximum atomic E-state index is 12.8. The van der Waals surface area contributed by atoms with E-state index in [0.717, 1.165) is 70.1 Å². The van der Waals surface area contributed by atoms with Gasteiger partial charge in [-0.25, -0.2) is 110 Å². The van der Waals surface area contributed by atoms with Crippen molar-refractivity contribution in [3.05, 3.63) is 274 Å². The highest BCUT2D eigenvalue weighted by Gasteiger charge is 2.29. The van der Waals surface area contributed by atoms with Gasteiger partial charge in [-0.1, -0.05) is 137 Å². The fourth-order valence-electron chi connectivity index (χ4n) is 12.1. The van der Waals surface area contributed by atoms with Crippen molar-refractivity contribution >= 4 is 168 Å². The number of urea groups is 4. The number of thiazole rings is 1. The van der Waals surface area contributed by atoms with Gasteiger partial charge in [0.25, 0.3) is 23.6 Å². The highest BCUT2D eigenvalue weighted by atomic mass is 35.5. The summed E-state index contributed by atoms with van der Waals surface area (Å²) < 4.78 is 104. The number of imidazole rings is 1. The number of amides is 12. The van der Waals surface area contributed by atoms with Crippen molar-refractivity contribution in [2.45, 2.75) is 105 Å². The molecule has 47 heteroatoms. The number of aromatic nitrogens is 13. The number of rotatable bonds is 21. The summed E-state index contributed by atoms with van der Waals surface area (Å²) >= 11 is 7.19. The van der Waals surface area contributed by atoms with Gasteiger partial charge >= 0.3 is 24.1 Å². The standard InChI is InChI=1S/C25H26N6O4S2.C23H25N7O4S.C22H24ClN5O4S.C20H23N7O4S/c1-25(2,3)20-14-21(27-23(33)28-24-26-19(15-36-24)16-8-6-5-7-9-16)31(29-20)18-12-10-17(11-13-18)22(32)30-37(4,34)35;1-23(2,3)18-13-19(26-22(32)27-21-24-16-7-5-6-8-17(16)25-21)30(28-18)15-11-9-14(10-12-15)20(31)29-35(4,33)34;1-22(2,3)18-13-19(25-21(30)24-16-9-7-15(23)8-10-16)28(26-18)17-11-5-14(6-12-17)20(29)27-33(4,31)32;1-20(2,3)15-11-17(24-19(29)23-16-9-10-21-12-22-16)27(25-15)14-7-5-13(6-8-14)18(28)26-32(4,30)31/h5-15H,1-4H3,(H,30,32)(H2,26,27,28,33);5-13H,1-4H3,(H,29,31)(H3,24,25,26,27,32);5-13H,1-4H3,(H,27,29)(H2,24,25,30);5-12H,1-4H3,(H,26,28)(H2,21,22,23,24,29). The maximum absolute atomic E-state index is 12.8. The lowest BCUT2D eigenvalue weighted by Crippen LogP contribution is -2.29. The van der Waals surface area contributed by atoms with Crippen LogP contribution < -0.4 is 61.4 Å². The minimum atomic E-state index is -3.68. The van der Waals surface area contributed by atoms with Crippen molar-refractivity contribution in [1.82, 2.24) is 82.9 Å². The van der Waals surface area contributed by atoms with Gasteiger partial charge in [0.05, 0.1) is 87.3 Å². The van der Waals surface area contributed by atoms with E-state index in [1.807, 2.05) is 162 Å². The number of hydrogen-bond donors (Lipinski definition) is 13. The van der Waals surface area contributed by atoms with Crippen molar-refractivity contribution in [2.24, 2.45) is 0 Å². The van der Waals surface area contributed by atoms with E-state index in [1.165, 1.54) is 81.8 Å². The van der Waals surface area contributed by atoms with Gasteiger partial charge in [-0.15, -0.1) is 11.3 Å². The second-order valence-electron chi connectivity index (χ2n) is 34.7. The molecule has 716 valence electrons. The Bertz CT molecular complexity index is 7260. The Morgan fingerprint density at radius 2 is 0.693 bits per heavy atom. The minimum Gasteiger partial charge on any atom is -0.324 e. The average Bonchev–Trinajstić information content (AvgIpc) is 1.67. The zero-order chi connectivity index (χ0) is 100. The number of para-hydroxylation sites is 2. The molecule has 7 aromatic heterocycles. The highest BCUT2D eigenvalue weighted by molar-refractivity contribution is 7.90. The number of carbonyl (C=O) groups is 8. The number of fused-ring (bicyclic) bond motifs is 1. The van der Waals surface area contributed by atoms with Gasteiger partial charge in [-0.2, -0.15) is 20.4 Å². The van der Waals surface area contributed by atoms with E-state index in [9.17, 15) is 72.0 Å². The van der Waals surface area contributed by atoms with Crippen molar-refractivity contribution < 1.29 is 72.0 Å². The van der Waals surface area contributed by atoms with Crippen LogP contribution in [-0.4, -0.2) is 170 Å². The number of anilines is 8. The summed E-state index contributed by atoms with van der Waals surface area (Å²) in [5.41, 5.74) is 8.51. The molecule has 7 heterocycles. The summed E-state index contributed by atoms with van der Waals surface area (Å²) in [6.07, 6.45) is 6.45. The molecular formula is C90H98ClN25O16S5. The van der Waals surface area contributed by atoms with Gasteiger partial charge in [0.15, 0.2) is 5.13 Å². The average molecular weight is 1980 g/mol. The third-order valence-corrected chi connectivity index (χ3v) is 22.1. The maximum Gasteiger partial charge on any atom is 0.327 e. The Balaban J connectivity index is 0.000000176. The first kappa shape index (κ1) is 102. The van der Waals surface area contributed by atoms with Crippen LogP contribution in [0.15, 0.2) is 224 Å². The molecule has 0 saturated heterocycles. The molecule has 0 unspecified atom stereocenters. The Morgan fingerprint density at radius 3 is 1.02 bits per heavy atom. The number of halogens is 1. The number of sulfonamides is 4. The number of aromatic amines is 1. The Morgan fingerprint density at radius 1 is 0.365 bits per heavy atom. The highest BCUT2D eigenvalue weighted by Crippen LogP contribution is 2.34. The Hall–Kier alpha value is -15.4. The molecule has 0 aliphatic carbocycles. The van der Waals surface area contributed by atoms with Crippen LogP contribution in [-0.2, 0) is 61.8 Å².